The standard InChI is InChI=1S/C26H19F6N3S/c27-25(28,29)19-6-4-16(5-7-19)24-33-13-18-14-35(11-10-22(18)34-24)15-21-8-9-23(36-21)17-2-1-3-20(12-17)26(30,31)32/h1-9,12-13H,10-11,14-15H2. The van der Waals surface area contributed by atoms with E-state index in [9.17, 15) is 26.3 Å². The molecule has 0 aliphatic carbocycles. The van der Waals surface area contributed by atoms with E-state index in [4.69, 9.17) is 0 Å². The van der Waals surface area contributed by atoms with Crippen molar-refractivity contribution in [1.82, 2.24) is 14.9 Å². The molecule has 0 N–H and O–H groups in total. The lowest BCUT2D eigenvalue weighted by molar-refractivity contribution is -0.138. The topological polar surface area (TPSA) is 29.0 Å². The Morgan fingerprint density at radius 2 is 1.58 bits per heavy atom. The lowest BCUT2D eigenvalue weighted by Gasteiger charge is -2.27. The van der Waals surface area contributed by atoms with Crippen LogP contribution in [0.25, 0.3) is 21.8 Å². The summed E-state index contributed by atoms with van der Waals surface area (Å²) in [6, 6.07) is 13.9. The number of hydrogen-bond donors (Lipinski definition) is 0. The van der Waals surface area contributed by atoms with Gasteiger partial charge in [-0.3, -0.25) is 4.90 Å². The number of halogens is 6. The highest BCUT2D eigenvalue weighted by Crippen LogP contribution is 2.35. The molecule has 1 aliphatic rings. The van der Waals surface area contributed by atoms with Crippen molar-refractivity contribution in [3.05, 3.63) is 94.1 Å². The van der Waals surface area contributed by atoms with Crippen molar-refractivity contribution in [2.24, 2.45) is 0 Å². The Labute approximate surface area is 207 Å². The van der Waals surface area contributed by atoms with Crippen molar-refractivity contribution in [3.8, 4) is 21.8 Å². The summed E-state index contributed by atoms with van der Waals surface area (Å²) in [5.41, 5.74) is 1.49. The summed E-state index contributed by atoms with van der Waals surface area (Å²) in [6.07, 6.45) is -6.40. The number of hydrogen-bond acceptors (Lipinski definition) is 4. The molecule has 0 bridgehead atoms. The Balaban J connectivity index is 1.27. The Hall–Kier alpha value is -3.24. The number of nitrogens with zero attached hydrogens (tertiary/aromatic N) is 3. The quantitative estimate of drug-likeness (QED) is 0.262. The van der Waals surface area contributed by atoms with Crippen molar-refractivity contribution < 1.29 is 26.3 Å². The predicted molar refractivity (Wildman–Crippen MR) is 125 cm³/mol. The molecule has 0 unspecified atom stereocenters. The van der Waals surface area contributed by atoms with Crippen molar-refractivity contribution >= 4 is 11.3 Å². The fraction of sp³-hybridized carbons (Fsp3) is 0.231. The average molecular weight is 520 g/mol. The highest BCUT2D eigenvalue weighted by Gasteiger charge is 2.31. The first-order chi connectivity index (χ1) is 17.1. The lowest BCUT2D eigenvalue weighted by Crippen LogP contribution is -2.30. The first-order valence-corrected chi connectivity index (χ1v) is 11.9. The van der Waals surface area contributed by atoms with E-state index in [-0.39, 0.29) is 0 Å². The fourth-order valence-electron chi connectivity index (χ4n) is 4.14. The van der Waals surface area contributed by atoms with Gasteiger partial charge < -0.3 is 0 Å². The van der Waals surface area contributed by atoms with E-state index in [0.717, 1.165) is 45.8 Å². The zero-order chi connectivity index (χ0) is 25.5. The molecule has 4 aromatic rings. The lowest BCUT2D eigenvalue weighted by atomic mass is 10.1. The fourth-order valence-corrected chi connectivity index (χ4v) is 5.19. The molecule has 0 spiro atoms. The average Bonchev–Trinajstić information content (AvgIpc) is 3.31. The van der Waals surface area contributed by atoms with Gasteiger partial charge in [0.1, 0.15) is 0 Å². The Morgan fingerprint density at radius 1 is 0.833 bits per heavy atom. The second-order valence-corrected chi connectivity index (χ2v) is 9.71. The summed E-state index contributed by atoms with van der Waals surface area (Å²) in [4.78, 5) is 13.0. The smallest absolute Gasteiger partial charge is 0.293 e. The third kappa shape index (κ3) is 5.29. The Bertz CT molecular complexity index is 1380. The van der Waals surface area contributed by atoms with E-state index in [0.29, 0.717) is 36.5 Å². The second kappa shape index (κ2) is 9.33. The molecule has 0 amide bonds. The van der Waals surface area contributed by atoms with Crippen LogP contribution < -0.4 is 0 Å². The molecular formula is C26H19F6N3S. The summed E-state index contributed by atoms with van der Waals surface area (Å²) in [7, 11) is 0. The minimum atomic E-state index is -4.39. The van der Waals surface area contributed by atoms with Gasteiger partial charge in [0.15, 0.2) is 5.82 Å². The Kier molecular flexibility index (Phi) is 6.34. The van der Waals surface area contributed by atoms with E-state index in [1.165, 1.54) is 35.6 Å². The van der Waals surface area contributed by atoms with Gasteiger partial charge in [0, 0.05) is 53.1 Å². The molecule has 5 rings (SSSR count). The number of benzene rings is 2. The van der Waals surface area contributed by atoms with E-state index in [1.54, 1.807) is 12.3 Å². The van der Waals surface area contributed by atoms with Crippen LogP contribution in [0.4, 0.5) is 26.3 Å². The number of alkyl halides is 6. The maximum Gasteiger partial charge on any atom is 0.416 e. The second-order valence-electron chi connectivity index (χ2n) is 8.55. The Morgan fingerprint density at radius 3 is 2.31 bits per heavy atom. The minimum absolute atomic E-state index is 0.389. The van der Waals surface area contributed by atoms with Crippen molar-refractivity contribution in [2.75, 3.05) is 6.54 Å². The van der Waals surface area contributed by atoms with Gasteiger partial charge in [-0.2, -0.15) is 26.3 Å². The van der Waals surface area contributed by atoms with Crippen LogP contribution in [0.15, 0.2) is 66.9 Å². The molecule has 0 fully saturated rings. The highest BCUT2D eigenvalue weighted by atomic mass is 32.1. The molecule has 0 atom stereocenters. The van der Waals surface area contributed by atoms with Gasteiger partial charge in [0.25, 0.3) is 0 Å². The third-order valence-electron chi connectivity index (χ3n) is 6.00. The maximum absolute atomic E-state index is 13.0. The van der Waals surface area contributed by atoms with Gasteiger partial charge in [-0.05, 0) is 42.0 Å². The van der Waals surface area contributed by atoms with Gasteiger partial charge in [-0.1, -0.05) is 24.3 Å². The van der Waals surface area contributed by atoms with E-state index in [1.807, 2.05) is 12.1 Å². The predicted octanol–water partition coefficient (Wildman–Crippen LogP) is 7.47. The molecule has 2 aromatic heterocycles. The van der Waals surface area contributed by atoms with Gasteiger partial charge >= 0.3 is 12.4 Å². The third-order valence-corrected chi connectivity index (χ3v) is 7.12. The molecular weight excluding hydrogens is 500 g/mol. The van der Waals surface area contributed by atoms with Crippen LogP contribution in [-0.2, 0) is 31.9 Å². The van der Waals surface area contributed by atoms with E-state index < -0.39 is 23.5 Å². The van der Waals surface area contributed by atoms with Gasteiger partial charge in [-0.15, -0.1) is 11.3 Å². The molecule has 1 aliphatic heterocycles. The zero-order valence-electron chi connectivity index (χ0n) is 18.7. The van der Waals surface area contributed by atoms with Crippen LogP contribution in [0.5, 0.6) is 0 Å². The highest BCUT2D eigenvalue weighted by molar-refractivity contribution is 7.15. The van der Waals surface area contributed by atoms with Gasteiger partial charge in [0.2, 0.25) is 0 Å². The van der Waals surface area contributed by atoms with Crippen LogP contribution in [0.3, 0.4) is 0 Å². The van der Waals surface area contributed by atoms with E-state index >= 15 is 0 Å². The van der Waals surface area contributed by atoms with Crippen LogP contribution in [0.2, 0.25) is 0 Å². The summed E-state index contributed by atoms with van der Waals surface area (Å²) in [5.74, 6) is 0.389. The van der Waals surface area contributed by atoms with Crippen LogP contribution >= 0.6 is 11.3 Å². The van der Waals surface area contributed by atoms with Crippen molar-refractivity contribution in [2.45, 2.75) is 31.9 Å². The molecule has 3 heterocycles. The SMILES string of the molecule is FC(F)(F)c1ccc(-c2ncc3c(n2)CCN(Cc2ccc(-c4cccc(C(F)(F)F)c4)s2)C3)cc1. The molecule has 0 saturated carbocycles. The summed E-state index contributed by atoms with van der Waals surface area (Å²) in [6.45, 7) is 1.98. The molecule has 3 nitrogen and oxygen atoms in total. The normalized spacial score (nSPS) is 14.6. The monoisotopic (exact) mass is 519 g/mol. The number of aromatic nitrogens is 2. The van der Waals surface area contributed by atoms with Crippen LogP contribution in [0, 0.1) is 0 Å². The largest absolute Gasteiger partial charge is 0.416 e. The van der Waals surface area contributed by atoms with Crippen molar-refractivity contribution in [3.63, 3.8) is 0 Å². The molecule has 36 heavy (non-hydrogen) atoms. The minimum Gasteiger partial charge on any atom is -0.293 e. The first-order valence-electron chi connectivity index (χ1n) is 11.1. The van der Waals surface area contributed by atoms with Crippen LogP contribution in [-0.4, -0.2) is 21.4 Å². The molecule has 0 radical (unpaired) electrons. The van der Waals surface area contributed by atoms with Crippen molar-refractivity contribution in [1.29, 1.82) is 0 Å². The number of rotatable bonds is 4. The summed E-state index contributed by atoms with van der Waals surface area (Å²) < 4.78 is 77.6. The molecule has 186 valence electrons. The van der Waals surface area contributed by atoms with Crippen LogP contribution in [0.1, 0.15) is 27.3 Å². The van der Waals surface area contributed by atoms with Gasteiger partial charge in [-0.25, -0.2) is 9.97 Å². The zero-order valence-corrected chi connectivity index (χ0v) is 19.5. The number of fused-ring (bicyclic) bond motifs is 1. The molecule has 10 heteroatoms. The maximum atomic E-state index is 13.0. The number of thiophene rings is 1. The molecule has 0 saturated heterocycles. The molecule has 2 aromatic carbocycles. The summed E-state index contributed by atoms with van der Waals surface area (Å²) >= 11 is 1.46. The summed E-state index contributed by atoms with van der Waals surface area (Å²) in [5, 5.41) is 0. The van der Waals surface area contributed by atoms with Gasteiger partial charge in [0.05, 0.1) is 16.8 Å². The van der Waals surface area contributed by atoms with E-state index in [2.05, 4.69) is 14.9 Å². The first kappa shape index (κ1) is 24.5.